The van der Waals surface area contributed by atoms with E-state index in [2.05, 4.69) is 5.32 Å². The molecule has 0 unspecified atom stereocenters. The van der Waals surface area contributed by atoms with Gasteiger partial charge < -0.3 is 10.2 Å². The van der Waals surface area contributed by atoms with Crippen molar-refractivity contribution in [2.24, 2.45) is 5.92 Å². The van der Waals surface area contributed by atoms with Crippen LogP contribution in [0.5, 0.6) is 0 Å². The third-order valence-corrected chi connectivity index (χ3v) is 6.13. The van der Waals surface area contributed by atoms with Crippen molar-refractivity contribution in [3.63, 3.8) is 0 Å². The lowest BCUT2D eigenvalue weighted by molar-refractivity contribution is -0.141. The molecule has 1 N–H and O–H groups in total. The second-order valence-electron chi connectivity index (χ2n) is 8.12. The van der Waals surface area contributed by atoms with Crippen molar-refractivity contribution in [1.82, 2.24) is 14.5 Å². The van der Waals surface area contributed by atoms with Gasteiger partial charge in [-0.25, -0.2) is 12.8 Å². The van der Waals surface area contributed by atoms with Crippen LogP contribution in [0, 0.1) is 11.7 Å². The molecule has 0 aromatic heterocycles. The number of carbonyl (C=O) groups excluding carboxylic acids is 2. The average Bonchev–Trinajstić information content (AvgIpc) is 2.73. The van der Waals surface area contributed by atoms with Gasteiger partial charge in [-0.05, 0) is 29.2 Å². The fraction of sp³-hybridized carbons (Fsp3) is 0.391. The predicted molar refractivity (Wildman–Crippen MR) is 121 cm³/mol. The van der Waals surface area contributed by atoms with E-state index in [1.165, 1.54) is 36.2 Å². The summed E-state index contributed by atoms with van der Waals surface area (Å²) in [5.74, 6) is -1.14. The number of nitrogens with one attached hydrogen (secondary N) is 1. The highest BCUT2D eigenvalue weighted by molar-refractivity contribution is 7.88. The van der Waals surface area contributed by atoms with E-state index in [0.717, 1.165) is 10.6 Å². The fourth-order valence-corrected chi connectivity index (χ4v) is 3.36. The zero-order chi connectivity index (χ0) is 23.9. The zero-order valence-corrected chi connectivity index (χ0v) is 19.6. The van der Waals surface area contributed by atoms with Crippen molar-refractivity contribution in [2.45, 2.75) is 26.4 Å². The summed E-state index contributed by atoms with van der Waals surface area (Å²) in [5.41, 5.74) is 1.20. The molecular formula is C23H30FN3O4S. The van der Waals surface area contributed by atoms with E-state index in [0.29, 0.717) is 17.7 Å². The Balaban J connectivity index is 2.47. The fourth-order valence-electron chi connectivity index (χ4n) is 3.02. The number of nitrogens with zero attached hydrogens (tertiary/aromatic N) is 2. The van der Waals surface area contributed by atoms with Crippen LogP contribution in [0.3, 0.4) is 0 Å². The van der Waals surface area contributed by atoms with Crippen molar-refractivity contribution in [3.05, 3.63) is 71.5 Å². The maximum atomic E-state index is 13.4. The standard InChI is InChI=1S/C23H30FN3O4S/c1-17(2)14-25-23(29)22(19-8-6-5-7-9-19)27(15-18-10-12-20(24)13-11-18)21(28)16-26(3)32(4,30)31/h5-13,17,22H,14-16H2,1-4H3,(H,25,29)/t22-/m0/s1. The molecule has 0 saturated carbocycles. The Kier molecular flexibility index (Phi) is 8.91. The number of rotatable bonds is 10. The maximum Gasteiger partial charge on any atom is 0.247 e. The second-order valence-corrected chi connectivity index (χ2v) is 10.2. The van der Waals surface area contributed by atoms with Gasteiger partial charge in [0.15, 0.2) is 0 Å². The topological polar surface area (TPSA) is 86.8 Å². The molecular weight excluding hydrogens is 433 g/mol. The summed E-state index contributed by atoms with van der Waals surface area (Å²) < 4.78 is 38.1. The number of halogens is 1. The van der Waals surface area contributed by atoms with Crippen LogP contribution in [-0.2, 0) is 26.2 Å². The molecule has 2 aromatic carbocycles. The van der Waals surface area contributed by atoms with Crippen molar-refractivity contribution in [3.8, 4) is 0 Å². The molecule has 0 aliphatic rings. The van der Waals surface area contributed by atoms with Gasteiger partial charge in [0.25, 0.3) is 0 Å². The van der Waals surface area contributed by atoms with Crippen LogP contribution in [-0.4, -0.2) is 55.8 Å². The number of sulfonamides is 1. The SMILES string of the molecule is CC(C)CNC(=O)[C@H](c1ccccc1)N(Cc1ccc(F)cc1)C(=O)CN(C)S(C)(=O)=O. The number of likely N-dealkylation sites (N-methyl/N-ethyl adjacent to an activating group) is 1. The summed E-state index contributed by atoms with van der Waals surface area (Å²) in [6.45, 7) is 3.91. The third-order valence-electron chi connectivity index (χ3n) is 4.87. The molecule has 2 aromatic rings. The van der Waals surface area contributed by atoms with Crippen molar-refractivity contribution in [2.75, 3.05) is 26.4 Å². The van der Waals surface area contributed by atoms with Crippen LogP contribution in [0.2, 0.25) is 0 Å². The molecule has 174 valence electrons. The molecule has 9 heteroatoms. The van der Waals surface area contributed by atoms with Crippen LogP contribution >= 0.6 is 0 Å². The minimum atomic E-state index is -3.61. The molecule has 0 aliphatic carbocycles. The summed E-state index contributed by atoms with van der Waals surface area (Å²) in [6.07, 6.45) is 1.01. The number of hydrogen-bond acceptors (Lipinski definition) is 4. The molecule has 1 atom stereocenters. The molecule has 0 radical (unpaired) electrons. The van der Waals surface area contributed by atoms with Crippen LogP contribution in [0.4, 0.5) is 4.39 Å². The highest BCUT2D eigenvalue weighted by Crippen LogP contribution is 2.24. The molecule has 2 amide bonds. The van der Waals surface area contributed by atoms with Crippen LogP contribution in [0.15, 0.2) is 54.6 Å². The molecule has 2 rings (SSSR count). The smallest absolute Gasteiger partial charge is 0.247 e. The third kappa shape index (κ3) is 7.42. The molecule has 0 fully saturated rings. The lowest BCUT2D eigenvalue weighted by Gasteiger charge is -2.32. The minimum Gasteiger partial charge on any atom is -0.354 e. The summed E-state index contributed by atoms with van der Waals surface area (Å²) in [4.78, 5) is 27.9. The first-order valence-electron chi connectivity index (χ1n) is 10.3. The molecule has 0 bridgehead atoms. The Morgan fingerprint density at radius 2 is 1.62 bits per heavy atom. The lowest BCUT2D eigenvalue weighted by Crippen LogP contribution is -2.47. The molecule has 32 heavy (non-hydrogen) atoms. The quantitative estimate of drug-likeness (QED) is 0.587. The number of hydrogen-bond donors (Lipinski definition) is 1. The van der Waals surface area contributed by atoms with E-state index < -0.39 is 34.3 Å². The number of benzene rings is 2. The first-order chi connectivity index (χ1) is 15.0. The minimum absolute atomic E-state index is 0.00533. The Morgan fingerprint density at radius 1 is 1.03 bits per heavy atom. The Hall–Kier alpha value is -2.78. The van der Waals surface area contributed by atoms with Gasteiger partial charge in [0.05, 0.1) is 12.8 Å². The van der Waals surface area contributed by atoms with Gasteiger partial charge in [0.1, 0.15) is 11.9 Å². The highest BCUT2D eigenvalue weighted by Gasteiger charge is 2.32. The molecule has 0 saturated heterocycles. The van der Waals surface area contributed by atoms with Gasteiger partial charge in [0.2, 0.25) is 21.8 Å². The van der Waals surface area contributed by atoms with Crippen LogP contribution in [0.25, 0.3) is 0 Å². The number of amides is 2. The van der Waals surface area contributed by atoms with Gasteiger partial charge in [-0.3, -0.25) is 9.59 Å². The van der Waals surface area contributed by atoms with E-state index in [9.17, 15) is 22.4 Å². The van der Waals surface area contributed by atoms with Gasteiger partial charge in [0, 0.05) is 20.1 Å². The van der Waals surface area contributed by atoms with Crippen molar-refractivity contribution < 1.29 is 22.4 Å². The van der Waals surface area contributed by atoms with E-state index in [1.807, 2.05) is 13.8 Å². The monoisotopic (exact) mass is 463 g/mol. The highest BCUT2D eigenvalue weighted by atomic mass is 32.2. The van der Waals surface area contributed by atoms with Gasteiger partial charge >= 0.3 is 0 Å². The molecule has 7 nitrogen and oxygen atoms in total. The first-order valence-corrected chi connectivity index (χ1v) is 12.1. The normalized spacial score (nSPS) is 12.6. The lowest BCUT2D eigenvalue weighted by atomic mass is 10.0. The van der Waals surface area contributed by atoms with E-state index >= 15 is 0 Å². The van der Waals surface area contributed by atoms with E-state index in [4.69, 9.17) is 0 Å². The van der Waals surface area contributed by atoms with Crippen molar-refractivity contribution >= 4 is 21.8 Å². The Bertz CT molecular complexity index is 1010. The zero-order valence-electron chi connectivity index (χ0n) is 18.8. The summed E-state index contributed by atoms with van der Waals surface area (Å²) in [6, 6.07) is 13.4. The largest absolute Gasteiger partial charge is 0.354 e. The Labute approximate surface area is 189 Å². The molecule has 0 aliphatic heterocycles. The van der Waals surface area contributed by atoms with Crippen molar-refractivity contribution in [1.29, 1.82) is 0 Å². The van der Waals surface area contributed by atoms with E-state index in [1.54, 1.807) is 30.3 Å². The summed E-state index contributed by atoms with van der Waals surface area (Å²) >= 11 is 0. The summed E-state index contributed by atoms with van der Waals surface area (Å²) in [7, 11) is -2.30. The van der Waals surface area contributed by atoms with Gasteiger partial charge in [-0.1, -0.05) is 56.3 Å². The number of carbonyl (C=O) groups is 2. The van der Waals surface area contributed by atoms with Crippen LogP contribution < -0.4 is 5.32 Å². The maximum absolute atomic E-state index is 13.4. The molecule has 0 spiro atoms. The Morgan fingerprint density at radius 3 is 2.16 bits per heavy atom. The second kappa shape index (κ2) is 11.2. The molecule has 0 heterocycles. The van der Waals surface area contributed by atoms with Crippen LogP contribution in [0.1, 0.15) is 31.0 Å². The first kappa shape index (κ1) is 25.5. The van der Waals surface area contributed by atoms with E-state index in [-0.39, 0.29) is 18.4 Å². The summed E-state index contributed by atoms with van der Waals surface area (Å²) in [5, 5.41) is 2.87. The predicted octanol–water partition coefficient (Wildman–Crippen LogP) is 2.56. The van der Waals surface area contributed by atoms with Gasteiger partial charge in [-0.2, -0.15) is 4.31 Å². The average molecular weight is 464 g/mol. The van der Waals surface area contributed by atoms with Gasteiger partial charge in [-0.15, -0.1) is 0 Å².